The Morgan fingerprint density at radius 2 is 1.94 bits per heavy atom. The Hall–Kier alpha value is -3.08. The van der Waals surface area contributed by atoms with Crippen LogP contribution < -0.4 is 9.62 Å². The van der Waals surface area contributed by atoms with E-state index >= 15 is 0 Å². The molecule has 0 radical (unpaired) electrons. The van der Waals surface area contributed by atoms with Crippen LogP contribution in [0.25, 0.3) is 0 Å². The summed E-state index contributed by atoms with van der Waals surface area (Å²) in [6.07, 6.45) is 1.04. The molecule has 10 heteroatoms. The minimum Gasteiger partial charge on any atom is -0.755 e. The quantitative estimate of drug-likeness (QED) is 0.495. The lowest BCUT2D eigenvalue weighted by Gasteiger charge is -2.27. The first-order valence-corrected chi connectivity index (χ1v) is 11.2. The van der Waals surface area contributed by atoms with Crippen LogP contribution in [0, 0.1) is 6.92 Å². The fourth-order valence-electron chi connectivity index (χ4n) is 3.10. The van der Waals surface area contributed by atoms with E-state index in [1.807, 2.05) is 18.2 Å². The highest BCUT2D eigenvalue weighted by Crippen LogP contribution is 2.38. The Bertz CT molecular complexity index is 1150. The molecule has 2 aromatic carbocycles. The van der Waals surface area contributed by atoms with Gasteiger partial charge in [-0.05, 0) is 49.1 Å². The number of amides is 1. The zero-order chi connectivity index (χ0) is 22.5. The van der Waals surface area contributed by atoms with Crippen molar-refractivity contribution in [2.24, 2.45) is 0 Å². The molecule has 1 amide bonds. The van der Waals surface area contributed by atoms with Gasteiger partial charge >= 0.3 is 5.97 Å². The Balaban J connectivity index is 1.92. The molecule has 8 nitrogen and oxygen atoms in total. The highest BCUT2D eigenvalue weighted by atomic mass is 32.2. The van der Waals surface area contributed by atoms with E-state index < -0.39 is 17.2 Å². The SMILES string of the molecule is CC(=O)Nc1nc(C)c(N(c2ccccc2CCc2cccc(C(=O)O)c2)S(=O)[O-])s1. The Morgan fingerprint density at radius 1 is 1.19 bits per heavy atom. The van der Waals surface area contributed by atoms with Crippen molar-refractivity contribution in [3.05, 3.63) is 70.9 Å². The van der Waals surface area contributed by atoms with Gasteiger partial charge in [-0.25, -0.2) is 9.78 Å². The fourth-order valence-corrected chi connectivity index (χ4v) is 4.93. The molecule has 1 unspecified atom stereocenters. The van der Waals surface area contributed by atoms with Crippen molar-refractivity contribution in [2.75, 3.05) is 9.62 Å². The summed E-state index contributed by atoms with van der Waals surface area (Å²) < 4.78 is 25.5. The van der Waals surface area contributed by atoms with E-state index in [1.165, 1.54) is 17.3 Å². The molecule has 0 saturated carbocycles. The second-order valence-electron chi connectivity index (χ2n) is 6.74. The number of aryl methyl sites for hydroxylation is 3. The number of carboxylic acids is 1. The van der Waals surface area contributed by atoms with Gasteiger partial charge in [0.25, 0.3) is 0 Å². The molecule has 0 aliphatic carbocycles. The lowest BCUT2D eigenvalue weighted by molar-refractivity contribution is -0.114. The van der Waals surface area contributed by atoms with Crippen LogP contribution in [0.4, 0.5) is 15.8 Å². The fraction of sp³-hybridized carbons (Fsp3) is 0.190. The van der Waals surface area contributed by atoms with Gasteiger partial charge in [0, 0.05) is 6.92 Å². The summed E-state index contributed by atoms with van der Waals surface area (Å²) in [7, 11) is 0. The van der Waals surface area contributed by atoms with Gasteiger partial charge in [-0.3, -0.25) is 13.3 Å². The number of para-hydroxylation sites is 1. The Kier molecular flexibility index (Phi) is 7.16. The Labute approximate surface area is 186 Å². The van der Waals surface area contributed by atoms with Gasteiger partial charge in [0.05, 0.1) is 28.2 Å². The molecule has 2 N–H and O–H groups in total. The van der Waals surface area contributed by atoms with Crippen molar-refractivity contribution in [1.29, 1.82) is 0 Å². The number of hydrogen-bond acceptors (Lipinski definition) is 6. The smallest absolute Gasteiger partial charge is 0.335 e. The standard InChI is InChI=1S/C21H21N3O5S2/c1-13-19(30-21(22-13)23-14(2)25)24(31(28)29)18-9-4-3-7-16(18)11-10-15-6-5-8-17(12-15)20(26)27/h3-9,12H,10-11H2,1-2H3,(H,26,27)(H,28,29)(H,22,23,25)/p-1. The normalized spacial score (nSPS) is 11.7. The summed E-state index contributed by atoms with van der Waals surface area (Å²) in [5.74, 6) is -1.29. The van der Waals surface area contributed by atoms with Gasteiger partial charge in [0.15, 0.2) is 5.13 Å². The van der Waals surface area contributed by atoms with E-state index in [0.29, 0.717) is 34.4 Å². The van der Waals surface area contributed by atoms with Crippen molar-refractivity contribution in [3.8, 4) is 0 Å². The molecule has 0 bridgehead atoms. The zero-order valence-electron chi connectivity index (χ0n) is 16.8. The third-order valence-electron chi connectivity index (χ3n) is 4.46. The molecule has 0 saturated heterocycles. The second-order valence-corrected chi connectivity index (χ2v) is 8.51. The number of aromatic carboxylic acids is 1. The monoisotopic (exact) mass is 458 g/mol. The third-order valence-corrected chi connectivity index (χ3v) is 6.31. The van der Waals surface area contributed by atoms with Crippen LogP contribution in [0.15, 0.2) is 48.5 Å². The number of hydrogen-bond donors (Lipinski definition) is 2. The van der Waals surface area contributed by atoms with Gasteiger partial charge in [-0.1, -0.05) is 41.7 Å². The van der Waals surface area contributed by atoms with Crippen LogP contribution in [-0.2, 0) is 28.9 Å². The number of benzene rings is 2. The lowest BCUT2D eigenvalue weighted by atomic mass is 10.0. The third kappa shape index (κ3) is 5.54. The number of rotatable bonds is 8. The van der Waals surface area contributed by atoms with Crippen LogP contribution in [0.2, 0.25) is 0 Å². The molecule has 3 rings (SSSR count). The average Bonchev–Trinajstić information content (AvgIpc) is 3.06. The number of carbonyl (C=O) groups is 2. The minimum atomic E-state index is -2.62. The maximum atomic E-state index is 12.2. The maximum absolute atomic E-state index is 12.2. The summed E-state index contributed by atoms with van der Waals surface area (Å²) in [6.45, 7) is 3.03. The zero-order valence-corrected chi connectivity index (χ0v) is 18.5. The first-order valence-electron chi connectivity index (χ1n) is 9.31. The van der Waals surface area contributed by atoms with Gasteiger partial charge in [0.2, 0.25) is 5.91 Å². The van der Waals surface area contributed by atoms with Crippen LogP contribution >= 0.6 is 11.3 Å². The minimum absolute atomic E-state index is 0.207. The summed E-state index contributed by atoms with van der Waals surface area (Å²) in [4.78, 5) is 26.8. The van der Waals surface area contributed by atoms with Crippen LogP contribution in [0.3, 0.4) is 0 Å². The summed E-state index contributed by atoms with van der Waals surface area (Å²) >= 11 is -1.55. The first-order chi connectivity index (χ1) is 14.8. The predicted octanol–water partition coefficient (Wildman–Crippen LogP) is 3.83. The Morgan fingerprint density at radius 3 is 2.61 bits per heavy atom. The van der Waals surface area contributed by atoms with Crippen molar-refractivity contribution in [3.63, 3.8) is 0 Å². The topological polar surface area (TPSA) is 123 Å². The molecular weight excluding hydrogens is 438 g/mol. The number of nitrogens with one attached hydrogen (secondary N) is 1. The molecule has 0 aliphatic rings. The van der Waals surface area contributed by atoms with Crippen molar-refractivity contribution in [2.45, 2.75) is 26.7 Å². The van der Waals surface area contributed by atoms with E-state index in [-0.39, 0.29) is 11.5 Å². The molecule has 31 heavy (non-hydrogen) atoms. The first kappa shape index (κ1) is 22.6. The number of anilines is 3. The van der Waals surface area contributed by atoms with E-state index in [0.717, 1.165) is 22.5 Å². The van der Waals surface area contributed by atoms with Crippen molar-refractivity contribution in [1.82, 2.24) is 4.98 Å². The molecule has 0 fully saturated rings. The van der Waals surface area contributed by atoms with Gasteiger partial charge in [-0.2, -0.15) is 0 Å². The molecule has 1 atom stereocenters. The number of thiazole rings is 1. The lowest BCUT2D eigenvalue weighted by Crippen LogP contribution is -2.21. The van der Waals surface area contributed by atoms with Crippen molar-refractivity contribution < 1.29 is 23.5 Å². The molecule has 0 spiro atoms. The maximum Gasteiger partial charge on any atom is 0.335 e. The van der Waals surface area contributed by atoms with Crippen LogP contribution in [0.1, 0.15) is 34.1 Å². The highest BCUT2D eigenvalue weighted by Gasteiger charge is 2.20. The molecule has 3 aromatic rings. The van der Waals surface area contributed by atoms with Crippen molar-refractivity contribution >= 4 is 50.3 Å². The summed E-state index contributed by atoms with van der Waals surface area (Å²) in [6, 6.07) is 13.8. The molecular formula is C21H20N3O5S2-. The van der Waals surface area contributed by atoms with Crippen LogP contribution in [-0.4, -0.2) is 30.7 Å². The van der Waals surface area contributed by atoms with E-state index in [1.54, 1.807) is 31.2 Å². The summed E-state index contributed by atoms with van der Waals surface area (Å²) in [5, 5.41) is 12.5. The highest BCUT2D eigenvalue weighted by molar-refractivity contribution is 7.81. The van der Waals surface area contributed by atoms with E-state index in [9.17, 15) is 23.5 Å². The van der Waals surface area contributed by atoms with E-state index in [2.05, 4.69) is 10.3 Å². The number of aromatic nitrogens is 1. The second kappa shape index (κ2) is 9.82. The number of carbonyl (C=O) groups excluding carboxylic acids is 1. The van der Waals surface area contributed by atoms with Gasteiger partial charge in [0.1, 0.15) is 5.00 Å². The molecule has 0 aliphatic heterocycles. The largest absolute Gasteiger partial charge is 0.755 e. The molecule has 1 heterocycles. The molecule has 162 valence electrons. The van der Waals surface area contributed by atoms with E-state index in [4.69, 9.17) is 0 Å². The average molecular weight is 459 g/mol. The van der Waals surface area contributed by atoms with Crippen LogP contribution in [0.5, 0.6) is 0 Å². The van der Waals surface area contributed by atoms with Gasteiger partial charge in [-0.15, -0.1) is 0 Å². The predicted molar refractivity (Wildman–Crippen MR) is 119 cm³/mol. The van der Waals surface area contributed by atoms with Gasteiger partial charge < -0.3 is 15.0 Å². The number of carboxylic acid groups (broad SMARTS) is 1. The molecule has 1 aromatic heterocycles. The number of nitrogens with zero attached hydrogens (tertiary/aromatic N) is 2. The summed E-state index contributed by atoms with van der Waals surface area (Å²) in [5.41, 5.74) is 2.78.